The van der Waals surface area contributed by atoms with Crippen molar-refractivity contribution in [1.82, 2.24) is 4.31 Å². The number of anilines is 1. The molecule has 0 heterocycles. The molecule has 0 atom stereocenters. The lowest BCUT2D eigenvalue weighted by atomic mass is 10.2. The molecule has 3 rings (SSSR count). The van der Waals surface area contributed by atoms with E-state index in [0.717, 1.165) is 10.4 Å². The van der Waals surface area contributed by atoms with Crippen LogP contribution in [0.4, 0.5) is 23.2 Å². The summed E-state index contributed by atoms with van der Waals surface area (Å²) in [7, 11) is -4.29. The summed E-state index contributed by atoms with van der Waals surface area (Å²) >= 11 is 6.15. The molecule has 0 saturated heterocycles. The van der Waals surface area contributed by atoms with Crippen molar-refractivity contribution in [3.8, 4) is 5.75 Å². The van der Waals surface area contributed by atoms with Crippen LogP contribution in [0.25, 0.3) is 0 Å². The van der Waals surface area contributed by atoms with Gasteiger partial charge in [-0.1, -0.05) is 41.9 Å². The highest BCUT2D eigenvalue weighted by Crippen LogP contribution is 2.33. The Bertz CT molecular complexity index is 1340. The van der Waals surface area contributed by atoms with E-state index < -0.39 is 40.0 Å². The summed E-state index contributed by atoms with van der Waals surface area (Å²) in [5, 5.41) is 2.25. The minimum atomic E-state index is -4.97. The standard InChI is InChI=1S/C24H21ClF4N2O4S/c1-2-35-22-11-9-18(13-20(22)25)36(33,34)31(14-16-6-4-3-5-7-16)15-23(32)30-17-8-10-21(26)19(12-17)24(27,28)29/h3-13H,2,14-15H2,1H3,(H,30,32). The lowest BCUT2D eigenvalue weighted by molar-refractivity contribution is -0.140. The fourth-order valence-electron chi connectivity index (χ4n) is 3.26. The van der Waals surface area contributed by atoms with E-state index >= 15 is 0 Å². The number of hydrogen-bond donors (Lipinski definition) is 1. The van der Waals surface area contributed by atoms with Crippen LogP contribution in [-0.2, 0) is 27.5 Å². The number of carbonyl (C=O) groups excluding carboxylic acids is 1. The molecule has 0 aliphatic rings. The fourth-order valence-corrected chi connectivity index (χ4v) is 4.97. The monoisotopic (exact) mass is 544 g/mol. The molecule has 6 nitrogen and oxygen atoms in total. The van der Waals surface area contributed by atoms with Gasteiger partial charge in [-0.2, -0.15) is 17.5 Å². The Morgan fingerprint density at radius 2 is 1.75 bits per heavy atom. The molecule has 1 N–H and O–H groups in total. The van der Waals surface area contributed by atoms with Gasteiger partial charge in [0.25, 0.3) is 0 Å². The van der Waals surface area contributed by atoms with Crippen molar-refractivity contribution in [2.45, 2.75) is 24.5 Å². The molecule has 0 aliphatic carbocycles. The fraction of sp³-hybridized carbons (Fsp3) is 0.208. The number of halogens is 5. The molecule has 0 bridgehead atoms. The predicted molar refractivity (Wildman–Crippen MR) is 127 cm³/mol. The topological polar surface area (TPSA) is 75.7 Å². The van der Waals surface area contributed by atoms with Crippen LogP contribution >= 0.6 is 11.6 Å². The third kappa shape index (κ3) is 6.74. The SMILES string of the molecule is CCOc1ccc(S(=O)(=O)N(CC(=O)Nc2ccc(F)c(C(F)(F)F)c2)Cc2ccccc2)cc1Cl. The molecule has 3 aromatic rings. The molecular weight excluding hydrogens is 524 g/mol. The van der Waals surface area contributed by atoms with Gasteiger partial charge in [0, 0.05) is 12.2 Å². The quantitative estimate of drug-likeness (QED) is 0.349. The van der Waals surface area contributed by atoms with Crippen molar-refractivity contribution < 1.29 is 35.5 Å². The second-order valence-electron chi connectivity index (χ2n) is 7.52. The van der Waals surface area contributed by atoms with Crippen LogP contribution in [-0.4, -0.2) is 31.8 Å². The number of nitrogens with zero attached hydrogens (tertiary/aromatic N) is 1. The minimum absolute atomic E-state index is 0.0491. The molecule has 3 aromatic carbocycles. The van der Waals surface area contributed by atoms with E-state index in [0.29, 0.717) is 24.3 Å². The predicted octanol–water partition coefficient (Wildman–Crippen LogP) is 5.73. The Kier molecular flexibility index (Phi) is 8.59. The number of alkyl halides is 3. The van der Waals surface area contributed by atoms with Crippen LogP contribution in [0.2, 0.25) is 5.02 Å². The highest BCUT2D eigenvalue weighted by atomic mass is 35.5. The second-order valence-corrected chi connectivity index (χ2v) is 9.87. The zero-order chi connectivity index (χ0) is 26.5. The van der Waals surface area contributed by atoms with Gasteiger partial charge in [-0.25, -0.2) is 12.8 Å². The maximum atomic E-state index is 13.6. The highest BCUT2D eigenvalue weighted by molar-refractivity contribution is 7.89. The Balaban J connectivity index is 1.90. The molecule has 36 heavy (non-hydrogen) atoms. The van der Waals surface area contributed by atoms with Crippen molar-refractivity contribution in [3.63, 3.8) is 0 Å². The number of nitrogens with one attached hydrogen (secondary N) is 1. The smallest absolute Gasteiger partial charge is 0.419 e. The highest BCUT2D eigenvalue weighted by Gasteiger charge is 2.34. The average Bonchev–Trinajstić information content (AvgIpc) is 2.81. The molecular formula is C24H21ClF4N2O4S. The van der Waals surface area contributed by atoms with Crippen molar-refractivity contribution in [2.24, 2.45) is 0 Å². The van der Waals surface area contributed by atoms with Crippen molar-refractivity contribution in [1.29, 1.82) is 0 Å². The third-order valence-electron chi connectivity index (χ3n) is 4.92. The molecule has 0 radical (unpaired) electrons. The number of rotatable bonds is 9. The second kappa shape index (κ2) is 11.3. The van der Waals surface area contributed by atoms with Gasteiger partial charge >= 0.3 is 6.18 Å². The Morgan fingerprint density at radius 3 is 2.36 bits per heavy atom. The summed E-state index contributed by atoms with van der Waals surface area (Å²) in [4.78, 5) is 12.5. The summed E-state index contributed by atoms with van der Waals surface area (Å²) < 4.78 is 85.6. The molecule has 192 valence electrons. The molecule has 0 spiro atoms. The Morgan fingerprint density at radius 1 is 1.06 bits per heavy atom. The van der Waals surface area contributed by atoms with Gasteiger partial charge in [-0.05, 0) is 48.9 Å². The van der Waals surface area contributed by atoms with Crippen LogP contribution in [0.1, 0.15) is 18.1 Å². The van der Waals surface area contributed by atoms with Gasteiger partial charge in [-0.3, -0.25) is 4.79 Å². The Hall–Kier alpha value is -3.15. The molecule has 0 aliphatic heterocycles. The van der Waals surface area contributed by atoms with Gasteiger partial charge in [0.2, 0.25) is 15.9 Å². The van der Waals surface area contributed by atoms with Gasteiger partial charge in [-0.15, -0.1) is 0 Å². The van der Waals surface area contributed by atoms with E-state index in [1.807, 2.05) is 0 Å². The average molecular weight is 545 g/mol. The maximum absolute atomic E-state index is 13.6. The number of carbonyl (C=O) groups is 1. The number of hydrogen-bond acceptors (Lipinski definition) is 4. The first-order chi connectivity index (χ1) is 16.9. The van der Waals surface area contributed by atoms with Crippen LogP contribution in [0.3, 0.4) is 0 Å². The molecule has 0 saturated carbocycles. The first-order valence-corrected chi connectivity index (χ1v) is 12.4. The maximum Gasteiger partial charge on any atom is 0.419 e. The van der Waals surface area contributed by atoms with Gasteiger partial charge in [0.05, 0.1) is 28.6 Å². The summed E-state index contributed by atoms with van der Waals surface area (Å²) in [6, 6.07) is 14.2. The van der Waals surface area contributed by atoms with E-state index in [2.05, 4.69) is 5.32 Å². The van der Waals surface area contributed by atoms with Crippen LogP contribution in [0.5, 0.6) is 5.75 Å². The zero-order valence-electron chi connectivity index (χ0n) is 18.9. The van der Waals surface area contributed by atoms with E-state index in [1.54, 1.807) is 37.3 Å². The summed E-state index contributed by atoms with van der Waals surface area (Å²) in [5.74, 6) is -2.14. The Labute approximate surface area is 210 Å². The van der Waals surface area contributed by atoms with Crippen LogP contribution in [0, 0.1) is 5.82 Å². The first-order valence-electron chi connectivity index (χ1n) is 10.5. The molecule has 0 unspecified atom stereocenters. The minimum Gasteiger partial charge on any atom is -0.492 e. The first kappa shape index (κ1) is 27.4. The summed E-state index contributed by atoms with van der Waals surface area (Å²) in [6.45, 7) is 1.10. The molecule has 1 amide bonds. The van der Waals surface area contributed by atoms with E-state index in [-0.39, 0.29) is 27.9 Å². The lowest BCUT2D eigenvalue weighted by Crippen LogP contribution is -2.37. The molecule has 0 aromatic heterocycles. The molecule has 12 heteroatoms. The number of ether oxygens (including phenoxy) is 1. The summed E-state index contributed by atoms with van der Waals surface area (Å²) in [6.07, 6.45) is -4.97. The van der Waals surface area contributed by atoms with E-state index in [4.69, 9.17) is 16.3 Å². The molecule has 0 fully saturated rings. The van der Waals surface area contributed by atoms with Crippen molar-refractivity contribution in [3.05, 3.63) is 88.7 Å². The van der Waals surface area contributed by atoms with Gasteiger partial charge < -0.3 is 10.1 Å². The third-order valence-corrected chi connectivity index (χ3v) is 7.00. The number of amides is 1. The van der Waals surface area contributed by atoms with Crippen molar-refractivity contribution >= 4 is 33.2 Å². The van der Waals surface area contributed by atoms with Gasteiger partial charge in [0.15, 0.2) is 0 Å². The van der Waals surface area contributed by atoms with Gasteiger partial charge in [0.1, 0.15) is 11.6 Å². The zero-order valence-corrected chi connectivity index (χ0v) is 20.4. The summed E-state index contributed by atoms with van der Waals surface area (Å²) in [5.41, 5.74) is -1.33. The largest absolute Gasteiger partial charge is 0.492 e. The van der Waals surface area contributed by atoms with Crippen LogP contribution < -0.4 is 10.1 Å². The normalized spacial score (nSPS) is 12.0. The van der Waals surface area contributed by atoms with Crippen molar-refractivity contribution in [2.75, 3.05) is 18.5 Å². The number of sulfonamides is 1. The van der Waals surface area contributed by atoms with Crippen LogP contribution in [0.15, 0.2) is 71.6 Å². The van der Waals surface area contributed by atoms with E-state index in [9.17, 15) is 30.8 Å². The lowest BCUT2D eigenvalue weighted by Gasteiger charge is -2.22. The number of benzene rings is 3. The van der Waals surface area contributed by atoms with E-state index in [1.165, 1.54) is 18.2 Å².